The van der Waals surface area contributed by atoms with Crippen molar-refractivity contribution in [2.45, 2.75) is 218 Å². The van der Waals surface area contributed by atoms with E-state index in [1.165, 1.54) is 173 Å². The topological polar surface area (TPSA) is 66.8 Å². The number of ether oxygens (including phenoxy) is 1. The number of hydrogen-bond acceptors (Lipinski definition) is 4. The second-order valence-electron chi connectivity index (χ2n) is 12.8. The van der Waals surface area contributed by atoms with Gasteiger partial charge in [0.05, 0.1) is 19.3 Å². The summed E-state index contributed by atoms with van der Waals surface area (Å²) in [6.45, 7) is 2.80. The molecule has 1 unspecified atom stereocenters. The van der Waals surface area contributed by atoms with Crippen molar-refractivity contribution in [2.75, 3.05) is 13.2 Å². The van der Waals surface area contributed by atoms with Gasteiger partial charge in [-0.2, -0.15) is 0 Å². The largest absolute Gasteiger partial charge is 0.466 e. The molecule has 41 heavy (non-hydrogen) atoms. The Kier molecular flexibility index (Phi) is 35.1. The van der Waals surface area contributed by atoms with Crippen LogP contribution in [-0.2, 0) is 9.53 Å². The van der Waals surface area contributed by atoms with E-state index in [0.717, 1.165) is 25.7 Å². The van der Waals surface area contributed by atoms with Crippen molar-refractivity contribution in [1.82, 2.24) is 0 Å². The summed E-state index contributed by atoms with van der Waals surface area (Å²) in [6, 6.07) is 0. The predicted octanol–water partition coefficient (Wildman–Crippen LogP) is 11.4. The van der Waals surface area contributed by atoms with E-state index in [-0.39, 0.29) is 12.6 Å². The summed E-state index contributed by atoms with van der Waals surface area (Å²) in [5, 5.41) is 18.1. The van der Waals surface area contributed by atoms with E-state index in [9.17, 15) is 9.90 Å². The SMILES string of the molecule is CCCCCCCCCCCCCCCCCC(=O)OCCCCCCCCCCCCCCCCCC(O)CO. The first-order valence-corrected chi connectivity index (χ1v) is 18.6. The van der Waals surface area contributed by atoms with Gasteiger partial charge in [0.25, 0.3) is 0 Å². The maximum absolute atomic E-state index is 11.9. The molecule has 246 valence electrons. The number of unbranched alkanes of at least 4 members (excludes halogenated alkanes) is 28. The number of aliphatic hydroxyl groups excluding tert-OH is 2. The number of rotatable bonds is 35. The molecule has 0 aromatic rings. The zero-order chi connectivity index (χ0) is 29.9. The first kappa shape index (κ1) is 40.4. The van der Waals surface area contributed by atoms with Crippen molar-refractivity contribution in [3.8, 4) is 0 Å². The lowest BCUT2D eigenvalue weighted by atomic mass is 10.0. The molecule has 0 heterocycles. The molecule has 1 atom stereocenters. The third kappa shape index (κ3) is 35.5. The Bertz CT molecular complexity index is 495. The Morgan fingerprint density at radius 1 is 0.488 bits per heavy atom. The van der Waals surface area contributed by atoms with Gasteiger partial charge >= 0.3 is 5.97 Å². The number of esters is 1. The molecule has 0 saturated heterocycles. The second-order valence-corrected chi connectivity index (χ2v) is 12.8. The monoisotopic (exact) mass is 583 g/mol. The predicted molar refractivity (Wildman–Crippen MR) is 177 cm³/mol. The summed E-state index contributed by atoms with van der Waals surface area (Å²) in [7, 11) is 0. The molecule has 0 rings (SSSR count). The van der Waals surface area contributed by atoms with Gasteiger partial charge in [0.2, 0.25) is 0 Å². The summed E-state index contributed by atoms with van der Waals surface area (Å²) < 4.78 is 5.44. The van der Waals surface area contributed by atoms with Crippen molar-refractivity contribution in [3.63, 3.8) is 0 Å². The highest BCUT2D eigenvalue weighted by molar-refractivity contribution is 5.69. The van der Waals surface area contributed by atoms with E-state index in [4.69, 9.17) is 9.84 Å². The molecule has 0 aromatic carbocycles. The van der Waals surface area contributed by atoms with E-state index in [1.54, 1.807) is 0 Å². The van der Waals surface area contributed by atoms with Crippen LogP contribution >= 0.6 is 0 Å². The van der Waals surface area contributed by atoms with Crippen LogP contribution in [0.15, 0.2) is 0 Å². The molecule has 0 bridgehead atoms. The van der Waals surface area contributed by atoms with Gasteiger partial charge in [-0.1, -0.05) is 187 Å². The van der Waals surface area contributed by atoms with Crippen molar-refractivity contribution < 1.29 is 19.7 Å². The maximum atomic E-state index is 11.9. The Hall–Kier alpha value is -0.610. The van der Waals surface area contributed by atoms with Crippen LogP contribution in [0.25, 0.3) is 0 Å². The van der Waals surface area contributed by atoms with Crippen molar-refractivity contribution >= 4 is 5.97 Å². The molecule has 2 N–H and O–H groups in total. The molecule has 0 spiro atoms. The van der Waals surface area contributed by atoms with Crippen LogP contribution in [0.2, 0.25) is 0 Å². The molecule has 0 fully saturated rings. The van der Waals surface area contributed by atoms with Crippen molar-refractivity contribution in [1.29, 1.82) is 0 Å². The standard InChI is InChI=1S/C37H74O4/c1-2-3-4-5-6-7-8-9-11-15-18-21-24-27-30-33-37(40)41-34-31-28-25-22-19-16-13-10-12-14-17-20-23-26-29-32-36(39)35-38/h36,38-39H,2-35H2,1H3. The Labute approximate surface area is 257 Å². The van der Waals surface area contributed by atoms with Crippen molar-refractivity contribution in [3.05, 3.63) is 0 Å². The highest BCUT2D eigenvalue weighted by atomic mass is 16.5. The minimum atomic E-state index is -0.516. The molecular formula is C37H74O4. The summed E-state index contributed by atoms with van der Waals surface area (Å²) in [5.74, 6) is 0.0116. The minimum absolute atomic E-state index is 0.0116. The van der Waals surface area contributed by atoms with Crippen LogP contribution in [0.4, 0.5) is 0 Å². The van der Waals surface area contributed by atoms with Gasteiger partial charge in [-0.05, 0) is 19.3 Å². The summed E-state index contributed by atoms with van der Waals surface area (Å²) in [4.78, 5) is 11.9. The lowest BCUT2D eigenvalue weighted by Crippen LogP contribution is -2.10. The number of aliphatic hydroxyl groups is 2. The normalized spacial score (nSPS) is 12.2. The van der Waals surface area contributed by atoms with E-state index in [1.807, 2.05) is 0 Å². The summed E-state index contributed by atoms with van der Waals surface area (Å²) in [6.07, 6.45) is 40.2. The van der Waals surface area contributed by atoms with Crippen molar-refractivity contribution in [2.24, 2.45) is 0 Å². The summed E-state index contributed by atoms with van der Waals surface area (Å²) >= 11 is 0. The maximum Gasteiger partial charge on any atom is 0.305 e. The molecule has 0 radical (unpaired) electrons. The van der Waals surface area contributed by atoms with Gasteiger partial charge in [0, 0.05) is 6.42 Å². The van der Waals surface area contributed by atoms with Gasteiger partial charge in [-0.25, -0.2) is 0 Å². The average Bonchev–Trinajstić information content (AvgIpc) is 2.98. The minimum Gasteiger partial charge on any atom is -0.466 e. The Morgan fingerprint density at radius 3 is 1.17 bits per heavy atom. The molecule has 0 saturated carbocycles. The van der Waals surface area contributed by atoms with Gasteiger partial charge < -0.3 is 14.9 Å². The fourth-order valence-electron chi connectivity index (χ4n) is 5.77. The van der Waals surface area contributed by atoms with Crippen LogP contribution in [0, 0.1) is 0 Å². The van der Waals surface area contributed by atoms with E-state index in [2.05, 4.69) is 6.92 Å². The summed E-state index contributed by atoms with van der Waals surface area (Å²) in [5.41, 5.74) is 0. The van der Waals surface area contributed by atoms with Gasteiger partial charge in [-0.15, -0.1) is 0 Å². The first-order chi connectivity index (χ1) is 20.2. The molecular weight excluding hydrogens is 508 g/mol. The van der Waals surface area contributed by atoms with Crippen LogP contribution in [-0.4, -0.2) is 35.5 Å². The zero-order valence-corrected chi connectivity index (χ0v) is 27.8. The molecule has 0 amide bonds. The van der Waals surface area contributed by atoms with E-state index >= 15 is 0 Å². The van der Waals surface area contributed by atoms with Gasteiger partial charge in [-0.3, -0.25) is 4.79 Å². The number of hydrogen-bond donors (Lipinski definition) is 2. The van der Waals surface area contributed by atoms with Gasteiger partial charge in [0.15, 0.2) is 0 Å². The quantitative estimate of drug-likeness (QED) is 0.0576. The van der Waals surface area contributed by atoms with E-state index in [0.29, 0.717) is 13.0 Å². The Morgan fingerprint density at radius 2 is 0.805 bits per heavy atom. The fraction of sp³-hybridized carbons (Fsp3) is 0.973. The molecule has 0 aliphatic heterocycles. The molecule has 0 aliphatic carbocycles. The first-order valence-electron chi connectivity index (χ1n) is 18.6. The average molecular weight is 583 g/mol. The molecule has 0 aliphatic rings. The number of carbonyl (C=O) groups excluding carboxylic acids is 1. The van der Waals surface area contributed by atoms with E-state index < -0.39 is 6.10 Å². The van der Waals surface area contributed by atoms with Crippen LogP contribution in [0.5, 0.6) is 0 Å². The lowest BCUT2D eigenvalue weighted by Gasteiger charge is -2.06. The second kappa shape index (κ2) is 35.6. The van der Waals surface area contributed by atoms with Crippen LogP contribution in [0.3, 0.4) is 0 Å². The van der Waals surface area contributed by atoms with Crippen LogP contribution < -0.4 is 0 Å². The zero-order valence-electron chi connectivity index (χ0n) is 27.8. The fourth-order valence-corrected chi connectivity index (χ4v) is 5.77. The number of carbonyl (C=O) groups is 1. The molecule has 4 heteroatoms. The van der Waals surface area contributed by atoms with Crippen LogP contribution in [0.1, 0.15) is 212 Å². The third-order valence-electron chi connectivity index (χ3n) is 8.64. The third-order valence-corrected chi connectivity index (χ3v) is 8.64. The highest BCUT2D eigenvalue weighted by Gasteiger charge is 2.03. The van der Waals surface area contributed by atoms with Gasteiger partial charge in [0.1, 0.15) is 0 Å². The lowest BCUT2D eigenvalue weighted by molar-refractivity contribution is -0.143. The Balaban J connectivity index is 3.15. The molecule has 4 nitrogen and oxygen atoms in total. The molecule has 0 aromatic heterocycles. The highest BCUT2D eigenvalue weighted by Crippen LogP contribution is 2.15. The smallest absolute Gasteiger partial charge is 0.305 e.